The lowest BCUT2D eigenvalue weighted by atomic mass is 10.1. The van der Waals surface area contributed by atoms with Gasteiger partial charge in [0.1, 0.15) is 27.9 Å². The summed E-state index contributed by atoms with van der Waals surface area (Å²) in [6.45, 7) is 1.86. The highest BCUT2D eigenvalue weighted by Gasteiger charge is 2.33. The van der Waals surface area contributed by atoms with E-state index in [0.717, 1.165) is 11.8 Å². The Labute approximate surface area is 196 Å². The number of hydrogen-bond acceptors (Lipinski definition) is 9. The molecule has 0 aliphatic carbocycles. The van der Waals surface area contributed by atoms with Crippen LogP contribution in [-0.4, -0.2) is 51.2 Å². The average molecular weight is 472 g/mol. The van der Waals surface area contributed by atoms with Crippen molar-refractivity contribution in [2.75, 3.05) is 35.0 Å². The molecule has 0 spiro atoms. The molecule has 0 aromatic heterocycles. The first-order valence-electron chi connectivity index (χ1n) is 9.99. The fraction of sp³-hybridized carbons (Fsp3) is 0.250. The number of aliphatic hydroxyl groups excluding tert-OH is 1. The quantitative estimate of drug-likeness (QED) is 0.543. The number of methoxy groups -OCH3 is 4. The minimum atomic E-state index is -0.655. The first-order chi connectivity index (χ1) is 15.9. The maximum absolute atomic E-state index is 12.6. The van der Waals surface area contributed by atoms with Crippen LogP contribution < -0.4 is 18.9 Å². The zero-order chi connectivity index (χ0) is 24.0. The lowest BCUT2D eigenvalue weighted by Gasteiger charge is -2.12. The van der Waals surface area contributed by atoms with E-state index in [9.17, 15) is 9.90 Å². The Balaban J connectivity index is 2.09. The highest BCUT2D eigenvalue weighted by molar-refractivity contribution is 8.18. The smallest absolute Gasteiger partial charge is 0.344 e. The van der Waals surface area contributed by atoms with Gasteiger partial charge in [0.25, 0.3) is 0 Å². The second-order valence-corrected chi connectivity index (χ2v) is 7.65. The Morgan fingerprint density at radius 2 is 1.61 bits per heavy atom. The van der Waals surface area contributed by atoms with Crippen LogP contribution in [0.2, 0.25) is 0 Å². The fourth-order valence-electron chi connectivity index (χ4n) is 3.07. The number of carbonyl (C=O) groups is 1. The van der Waals surface area contributed by atoms with Crippen molar-refractivity contribution in [3.63, 3.8) is 0 Å². The SMILES string of the molecule is CCOC(=O)C1=C(O)/C(=C\c2cc(OC)c(OC)cc2OC)SC1=Nc1ccc(OC)cc1. The third-order valence-corrected chi connectivity index (χ3v) is 5.72. The van der Waals surface area contributed by atoms with Crippen LogP contribution in [-0.2, 0) is 9.53 Å². The van der Waals surface area contributed by atoms with Crippen molar-refractivity contribution in [1.29, 1.82) is 0 Å². The third-order valence-electron chi connectivity index (χ3n) is 4.70. The lowest BCUT2D eigenvalue weighted by Crippen LogP contribution is -2.12. The van der Waals surface area contributed by atoms with Crippen molar-refractivity contribution in [1.82, 2.24) is 0 Å². The summed E-state index contributed by atoms with van der Waals surface area (Å²) in [5.41, 5.74) is 1.22. The number of esters is 1. The summed E-state index contributed by atoms with van der Waals surface area (Å²) in [4.78, 5) is 17.6. The topological polar surface area (TPSA) is 95.8 Å². The summed E-state index contributed by atoms with van der Waals surface area (Å²) in [5, 5.41) is 11.2. The molecule has 0 unspecified atom stereocenters. The number of aliphatic hydroxyl groups is 1. The molecule has 33 heavy (non-hydrogen) atoms. The van der Waals surface area contributed by atoms with Gasteiger partial charge in [-0.1, -0.05) is 11.8 Å². The normalized spacial score (nSPS) is 15.7. The molecule has 9 heteroatoms. The van der Waals surface area contributed by atoms with Crippen molar-refractivity contribution >= 4 is 34.5 Å². The largest absolute Gasteiger partial charge is 0.506 e. The molecular weight excluding hydrogens is 446 g/mol. The van der Waals surface area contributed by atoms with Gasteiger partial charge in [-0.3, -0.25) is 0 Å². The Hall–Kier alpha value is -3.59. The highest BCUT2D eigenvalue weighted by atomic mass is 32.2. The van der Waals surface area contributed by atoms with Crippen LogP contribution in [0, 0.1) is 0 Å². The van der Waals surface area contributed by atoms with E-state index in [-0.39, 0.29) is 17.9 Å². The van der Waals surface area contributed by atoms with Gasteiger partial charge >= 0.3 is 5.97 Å². The zero-order valence-corrected chi connectivity index (χ0v) is 19.8. The molecule has 8 nitrogen and oxygen atoms in total. The van der Waals surface area contributed by atoms with Crippen LogP contribution in [0.1, 0.15) is 12.5 Å². The second-order valence-electron chi connectivity index (χ2n) is 6.62. The molecule has 1 N–H and O–H groups in total. The van der Waals surface area contributed by atoms with Gasteiger partial charge in [0.2, 0.25) is 0 Å². The maximum atomic E-state index is 12.6. The monoisotopic (exact) mass is 471 g/mol. The lowest BCUT2D eigenvalue weighted by molar-refractivity contribution is -0.138. The summed E-state index contributed by atoms with van der Waals surface area (Å²) in [7, 11) is 6.17. The minimum Gasteiger partial charge on any atom is -0.506 e. The molecule has 174 valence electrons. The summed E-state index contributed by atoms with van der Waals surface area (Å²) in [6, 6.07) is 10.4. The number of ether oxygens (including phenoxy) is 5. The van der Waals surface area contributed by atoms with Gasteiger partial charge < -0.3 is 28.8 Å². The van der Waals surface area contributed by atoms with Crippen LogP contribution in [0.15, 0.2) is 57.6 Å². The molecule has 2 aromatic rings. The molecule has 0 bridgehead atoms. The average Bonchev–Trinajstić information content (AvgIpc) is 3.13. The van der Waals surface area contributed by atoms with Crippen molar-refractivity contribution in [2.24, 2.45) is 4.99 Å². The highest BCUT2D eigenvalue weighted by Crippen LogP contribution is 2.43. The number of thioether (sulfide) groups is 1. The number of nitrogens with zero attached hydrogens (tertiary/aromatic N) is 1. The van der Waals surface area contributed by atoms with Crippen molar-refractivity contribution < 1.29 is 33.6 Å². The van der Waals surface area contributed by atoms with Gasteiger partial charge in [0.05, 0.1) is 45.6 Å². The summed E-state index contributed by atoms with van der Waals surface area (Å²) < 4.78 is 26.5. The molecule has 0 atom stereocenters. The van der Waals surface area contributed by atoms with E-state index >= 15 is 0 Å². The number of benzene rings is 2. The van der Waals surface area contributed by atoms with E-state index in [4.69, 9.17) is 23.7 Å². The molecular formula is C24H25NO7S. The first kappa shape index (κ1) is 24.1. The minimum absolute atomic E-state index is 0.00311. The van der Waals surface area contributed by atoms with Gasteiger partial charge in [0, 0.05) is 11.6 Å². The molecule has 1 aliphatic heterocycles. The summed E-state index contributed by atoms with van der Waals surface area (Å²) in [5.74, 6) is 1.31. The van der Waals surface area contributed by atoms with Crippen LogP contribution in [0.4, 0.5) is 5.69 Å². The van der Waals surface area contributed by atoms with Gasteiger partial charge in [-0.25, -0.2) is 9.79 Å². The van der Waals surface area contributed by atoms with Crippen LogP contribution >= 0.6 is 11.8 Å². The maximum Gasteiger partial charge on any atom is 0.344 e. The zero-order valence-electron chi connectivity index (χ0n) is 19.0. The van der Waals surface area contributed by atoms with E-state index in [1.165, 1.54) is 21.3 Å². The molecule has 0 fully saturated rings. The number of hydrogen-bond donors (Lipinski definition) is 1. The van der Waals surface area contributed by atoms with E-state index < -0.39 is 5.97 Å². The van der Waals surface area contributed by atoms with Crippen molar-refractivity contribution in [3.05, 3.63) is 58.2 Å². The molecule has 1 heterocycles. The van der Waals surface area contributed by atoms with Gasteiger partial charge in [0.15, 0.2) is 11.5 Å². The van der Waals surface area contributed by atoms with Crippen molar-refractivity contribution in [2.45, 2.75) is 6.92 Å². The number of aliphatic imine (C=N–C) groups is 1. The molecule has 1 aliphatic rings. The summed E-state index contributed by atoms with van der Waals surface area (Å²) >= 11 is 1.15. The Kier molecular flexibility index (Phi) is 7.89. The standard InChI is InChI=1S/C24H25NO7S/c1-6-32-24(27)21-22(26)20(33-23(21)25-15-7-9-16(28-2)10-8-15)12-14-11-18(30-4)19(31-5)13-17(14)29-3/h7-13,26H,6H2,1-5H3/b20-12+,25-23?. The fourth-order valence-corrected chi connectivity index (χ4v) is 4.10. The van der Waals surface area contributed by atoms with E-state index in [1.807, 2.05) is 0 Å². The third kappa shape index (κ3) is 5.25. The molecule has 2 aromatic carbocycles. The van der Waals surface area contributed by atoms with E-state index in [2.05, 4.69) is 4.99 Å². The van der Waals surface area contributed by atoms with Gasteiger partial charge in [-0.05, 0) is 43.3 Å². The van der Waals surface area contributed by atoms with Crippen LogP contribution in [0.3, 0.4) is 0 Å². The molecule has 3 rings (SSSR count). The van der Waals surface area contributed by atoms with Crippen LogP contribution in [0.5, 0.6) is 23.0 Å². The van der Waals surface area contributed by atoms with E-state index in [1.54, 1.807) is 56.5 Å². The predicted molar refractivity (Wildman–Crippen MR) is 128 cm³/mol. The Bertz CT molecular complexity index is 1120. The van der Waals surface area contributed by atoms with Crippen molar-refractivity contribution in [3.8, 4) is 23.0 Å². The number of rotatable bonds is 8. The second kappa shape index (κ2) is 10.8. The van der Waals surface area contributed by atoms with E-state index in [0.29, 0.717) is 44.2 Å². The molecule has 0 saturated carbocycles. The predicted octanol–water partition coefficient (Wildman–Crippen LogP) is 4.91. The Morgan fingerprint density at radius 3 is 2.18 bits per heavy atom. The molecule has 0 saturated heterocycles. The summed E-state index contributed by atoms with van der Waals surface area (Å²) in [6.07, 6.45) is 1.69. The van der Waals surface area contributed by atoms with Gasteiger partial charge in [-0.2, -0.15) is 0 Å². The first-order valence-corrected chi connectivity index (χ1v) is 10.8. The number of carbonyl (C=O) groups excluding carboxylic acids is 1. The molecule has 0 radical (unpaired) electrons. The van der Waals surface area contributed by atoms with Crippen LogP contribution in [0.25, 0.3) is 6.08 Å². The van der Waals surface area contributed by atoms with Gasteiger partial charge in [-0.15, -0.1) is 0 Å². The molecule has 0 amide bonds. The Morgan fingerprint density at radius 1 is 0.970 bits per heavy atom.